The third-order valence-corrected chi connectivity index (χ3v) is 4.18. The third-order valence-electron chi connectivity index (χ3n) is 4.18. The van der Waals surface area contributed by atoms with E-state index in [2.05, 4.69) is 23.6 Å². The minimum Gasteiger partial charge on any atom is -0.398 e. The molecule has 3 heteroatoms. The lowest BCUT2D eigenvalue weighted by Crippen LogP contribution is -2.30. The molecule has 0 saturated heterocycles. The number of nitrogens with one attached hydrogen (secondary N) is 1. The Morgan fingerprint density at radius 1 is 1.05 bits per heavy atom. The molecule has 0 bridgehead atoms. The maximum absolute atomic E-state index is 6.05. The van der Waals surface area contributed by atoms with Gasteiger partial charge in [0, 0.05) is 5.69 Å². The summed E-state index contributed by atoms with van der Waals surface area (Å²) < 4.78 is 0. The Bertz CT molecular complexity index is 607. The summed E-state index contributed by atoms with van der Waals surface area (Å²) in [4.78, 5) is 0. The third kappa shape index (κ3) is 2.55. The maximum atomic E-state index is 6.05. The molecule has 5 N–H and O–H groups in total. The van der Waals surface area contributed by atoms with Crippen LogP contribution in [-0.2, 0) is 19.3 Å². The number of benzene rings is 2. The summed E-state index contributed by atoms with van der Waals surface area (Å²) >= 11 is 0. The van der Waals surface area contributed by atoms with Crippen LogP contribution in [0.3, 0.4) is 0 Å². The molecule has 1 aliphatic carbocycles. The molecular weight excluding hydrogens is 246 g/mol. The van der Waals surface area contributed by atoms with Crippen molar-refractivity contribution in [2.24, 2.45) is 5.84 Å². The van der Waals surface area contributed by atoms with Crippen LogP contribution < -0.4 is 17.0 Å². The van der Waals surface area contributed by atoms with Gasteiger partial charge in [-0.15, -0.1) is 0 Å². The number of aryl methyl sites for hydroxylation is 2. The Morgan fingerprint density at radius 3 is 2.65 bits per heavy atom. The predicted octanol–water partition coefficient (Wildman–Crippen LogP) is 2.50. The van der Waals surface area contributed by atoms with E-state index in [0.29, 0.717) is 0 Å². The standard InChI is InChI=1S/C17H21N3/c18-16-7-2-1-6-15(16)17(20-19)11-12-8-9-13-4-3-5-14(13)10-12/h1-2,6-10,17,20H,3-5,11,18-19H2. The molecule has 1 aliphatic rings. The first-order valence-electron chi connectivity index (χ1n) is 7.19. The van der Waals surface area contributed by atoms with E-state index < -0.39 is 0 Å². The highest BCUT2D eigenvalue weighted by molar-refractivity contribution is 5.48. The fourth-order valence-corrected chi connectivity index (χ4v) is 3.07. The molecule has 2 aromatic rings. The van der Waals surface area contributed by atoms with Gasteiger partial charge >= 0.3 is 0 Å². The molecule has 1 atom stereocenters. The number of hydrogen-bond donors (Lipinski definition) is 3. The van der Waals surface area contributed by atoms with Gasteiger partial charge in [0.05, 0.1) is 6.04 Å². The topological polar surface area (TPSA) is 64.1 Å². The number of rotatable bonds is 4. The van der Waals surface area contributed by atoms with Gasteiger partial charge in [-0.3, -0.25) is 11.3 Å². The molecule has 0 spiro atoms. The van der Waals surface area contributed by atoms with E-state index in [1.165, 1.54) is 36.0 Å². The number of para-hydroxylation sites is 1. The summed E-state index contributed by atoms with van der Waals surface area (Å²) in [6.07, 6.45) is 4.57. The van der Waals surface area contributed by atoms with Crippen LogP contribution >= 0.6 is 0 Å². The van der Waals surface area contributed by atoms with Crippen LogP contribution in [0.4, 0.5) is 5.69 Å². The van der Waals surface area contributed by atoms with Crippen molar-refractivity contribution in [2.45, 2.75) is 31.7 Å². The van der Waals surface area contributed by atoms with Gasteiger partial charge in [-0.1, -0.05) is 36.4 Å². The van der Waals surface area contributed by atoms with E-state index in [9.17, 15) is 0 Å². The van der Waals surface area contributed by atoms with Crippen LogP contribution in [0, 0.1) is 0 Å². The lowest BCUT2D eigenvalue weighted by molar-refractivity contribution is 0.553. The largest absolute Gasteiger partial charge is 0.398 e. The molecule has 0 aromatic heterocycles. The molecule has 0 saturated carbocycles. The zero-order valence-electron chi connectivity index (χ0n) is 11.6. The van der Waals surface area contributed by atoms with Crippen molar-refractivity contribution in [2.75, 3.05) is 5.73 Å². The van der Waals surface area contributed by atoms with Crippen molar-refractivity contribution in [3.8, 4) is 0 Å². The molecule has 3 rings (SSSR count). The summed E-state index contributed by atoms with van der Waals surface area (Å²) in [5.41, 5.74) is 15.1. The maximum Gasteiger partial charge on any atom is 0.0520 e. The van der Waals surface area contributed by atoms with Crippen molar-refractivity contribution >= 4 is 5.69 Å². The zero-order valence-corrected chi connectivity index (χ0v) is 11.6. The fourth-order valence-electron chi connectivity index (χ4n) is 3.07. The van der Waals surface area contributed by atoms with Crippen LogP contribution in [0.1, 0.15) is 34.7 Å². The van der Waals surface area contributed by atoms with E-state index in [1.807, 2.05) is 24.3 Å². The lowest BCUT2D eigenvalue weighted by atomic mass is 9.96. The Morgan fingerprint density at radius 2 is 1.85 bits per heavy atom. The van der Waals surface area contributed by atoms with Gasteiger partial charge in [-0.25, -0.2) is 0 Å². The number of anilines is 1. The first-order chi connectivity index (χ1) is 9.78. The van der Waals surface area contributed by atoms with E-state index in [-0.39, 0.29) is 6.04 Å². The van der Waals surface area contributed by atoms with Crippen molar-refractivity contribution in [1.29, 1.82) is 0 Å². The van der Waals surface area contributed by atoms with E-state index >= 15 is 0 Å². The average Bonchev–Trinajstić information content (AvgIpc) is 2.93. The van der Waals surface area contributed by atoms with Gasteiger partial charge in [0.2, 0.25) is 0 Å². The van der Waals surface area contributed by atoms with Crippen molar-refractivity contribution in [3.63, 3.8) is 0 Å². The van der Waals surface area contributed by atoms with Crippen molar-refractivity contribution < 1.29 is 0 Å². The fraction of sp³-hybridized carbons (Fsp3) is 0.294. The second-order valence-corrected chi connectivity index (χ2v) is 5.51. The zero-order chi connectivity index (χ0) is 13.9. The highest BCUT2D eigenvalue weighted by atomic mass is 15.2. The minimum atomic E-state index is 0.0515. The van der Waals surface area contributed by atoms with E-state index in [0.717, 1.165) is 17.7 Å². The molecule has 3 nitrogen and oxygen atoms in total. The molecule has 1 unspecified atom stereocenters. The first kappa shape index (κ1) is 13.2. The second-order valence-electron chi connectivity index (χ2n) is 5.51. The minimum absolute atomic E-state index is 0.0515. The molecule has 20 heavy (non-hydrogen) atoms. The highest BCUT2D eigenvalue weighted by Gasteiger charge is 2.15. The normalized spacial score (nSPS) is 15.1. The number of nitrogens with two attached hydrogens (primary N) is 2. The summed E-state index contributed by atoms with van der Waals surface area (Å²) in [7, 11) is 0. The Kier molecular flexibility index (Phi) is 3.72. The molecule has 104 valence electrons. The van der Waals surface area contributed by atoms with Crippen LogP contribution in [0.5, 0.6) is 0 Å². The number of nitrogen functional groups attached to an aromatic ring is 1. The summed E-state index contributed by atoms with van der Waals surface area (Å²) in [5.74, 6) is 5.73. The van der Waals surface area contributed by atoms with Crippen LogP contribution in [0.2, 0.25) is 0 Å². The summed E-state index contributed by atoms with van der Waals surface area (Å²) in [5, 5.41) is 0. The van der Waals surface area contributed by atoms with Gasteiger partial charge in [0.25, 0.3) is 0 Å². The second kappa shape index (κ2) is 5.65. The quantitative estimate of drug-likeness (QED) is 0.453. The van der Waals surface area contributed by atoms with Crippen LogP contribution in [-0.4, -0.2) is 0 Å². The number of fused-ring (bicyclic) bond motifs is 1. The van der Waals surface area contributed by atoms with Crippen LogP contribution in [0.25, 0.3) is 0 Å². The lowest BCUT2D eigenvalue weighted by Gasteiger charge is -2.18. The molecule has 0 fully saturated rings. The number of hydrazine groups is 1. The summed E-state index contributed by atoms with van der Waals surface area (Å²) in [6, 6.07) is 14.8. The SMILES string of the molecule is NNC(Cc1ccc2c(c1)CCC2)c1ccccc1N. The first-order valence-corrected chi connectivity index (χ1v) is 7.19. The Hall–Kier alpha value is -1.84. The monoisotopic (exact) mass is 267 g/mol. The molecular formula is C17H21N3. The van der Waals surface area contributed by atoms with Gasteiger partial charge < -0.3 is 5.73 Å². The van der Waals surface area contributed by atoms with Crippen molar-refractivity contribution in [1.82, 2.24) is 5.43 Å². The molecule has 0 radical (unpaired) electrons. The smallest absolute Gasteiger partial charge is 0.0520 e. The van der Waals surface area contributed by atoms with Crippen molar-refractivity contribution in [3.05, 3.63) is 64.7 Å². The predicted molar refractivity (Wildman–Crippen MR) is 83.1 cm³/mol. The van der Waals surface area contributed by atoms with Gasteiger partial charge in [0.1, 0.15) is 0 Å². The highest BCUT2D eigenvalue weighted by Crippen LogP contribution is 2.27. The Balaban J connectivity index is 1.83. The summed E-state index contributed by atoms with van der Waals surface area (Å²) in [6.45, 7) is 0. The van der Waals surface area contributed by atoms with Gasteiger partial charge in [-0.2, -0.15) is 0 Å². The molecule has 0 heterocycles. The molecule has 0 amide bonds. The van der Waals surface area contributed by atoms with Gasteiger partial charge in [-0.05, 0) is 54.0 Å². The Labute approximate surface area is 120 Å². The van der Waals surface area contributed by atoms with E-state index in [1.54, 1.807) is 0 Å². The average molecular weight is 267 g/mol. The number of hydrogen-bond acceptors (Lipinski definition) is 3. The molecule has 2 aromatic carbocycles. The van der Waals surface area contributed by atoms with E-state index in [4.69, 9.17) is 11.6 Å². The van der Waals surface area contributed by atoms with Gasteiger partial charge in [0.15, 0.2) is 0 Å². The molecule has 0 aliphatic heterocycles. The van der Waals surface area contributed by atoms with Crippen LogP contribution in [0.15, 0.2) is 42.5 Å².